The zero-order valence-electron chi connectivity index (χ0n) is 8.80. The average Bonchev–Trinajstić information content (AvgIpc) is 2.16. The van der Waals surface area contributed by atoms with E-state index in [0.29, 0.717) is 11.3 Å². The van der Waals surface area contributed by atoms with Crippen LogP contribution in [0, 0.1) is 18.3 Å². The lowest BCUT2D eigenvalue weighted by Gasteiger charge is -2.03. The monoisotopic (exact) mass is 256 g/mol. The summed E-state index contributed by atoms with van der Waals surface area (Å²) in [7, 11) is -3.39. The van der Waals surface area contributed by atoms with Crippen molar-refractivity contribution in [2.24, 2.45) is 5.14 Å². The fourth-order valence-corrected chi connectivity index (χ4v) is 3.05. The molecule has 0 fully saturated rings. The van der Waals surface area contributed by atoms with E-state index in [1.807, 2.05) is 13.0 Å². The SMILES string of the molecule is Cc1cc(SCCS(N)(=O)=O)ccc1C#N. The summed E-state index contributed by atoms with van der Waals surface area (Å²) in [6.45, 7) is 1.85. The minimum Gasteiger partial charge on any atom is -0.229 e. The molecule has 0 aliphatic carbocycles. The van der Waals surface area contributed by atoms with Crippen LogP contribution in [0.3, 0.4) is 0 Å². The first-order chi connectivity index (χ1) is 7.42. The molecule has 0 atom stereocenters. The minimum absolute atomic E-state index is 0.0449. The van der Waals surface area contributed by atoms with Crippen LogP contribution in [0.15, 0.2) is 23.1 Å². The molecule has 1 aromatic rings. The molecule has 6 heteroatoms. The van der Waals surface area contributed by atoms with Crippen molar-refractivity contribution in [3.8, 4) is 6.07 Å². The first kappa shape index (κ1) is 13.0. The van der Waals surface area contributed by atoms with Gasteiger partial charge in [0.25, 0.3) is 0 Å². The molecule has 0 spiro atoms. The molecule has 2 N–H and O–H groups in total. The van der Waals surface area contributed by atoms with Gasteiger partial charge in [0.2, 0.25) is 10.0 Å². The van der Waals surface area contributed by atoms with Gasteiger partial charge in [0.05, 0.1) is 17.4 Å². The van der Waals surface area contributed by atoms with Crippen LogP contribution in [0.2, 0.25) is 0 Å². The van der Waals surface area contributed by atoms with E-state index in [2.05, 4.69) is 6.07 Å². The Labute approximate surface area is 99.5 Å². The zero-order chi connectivity index (χ0) is 12.2. The van der Waals surface area contributed by atoms with E-state index in [0.717, 1.165) is 10.5 Å². The second-order valence-electron chi connectivity index (χ2n) is 3.30. The number of hydrogen-bond acceptors (Lipinski definition) is 4. The highest BCUT2D eigenvalue weighted by Gasteiger charge is 2.04. The Morgan fingerprint density at radius 2 is 2.19 bits per heavy atom. The van der Waals surface area contributed by atoms with Gasteiger partial charge in [-0.3, -0.25) is 0 Å². The molecular weight excluding hydrogens is 244 g/mol. The fourth-order valence-electron chi connectivity index (χ4n) is 1.13. The molecule has 0 saturated heterocycles. The largest absolute Gasteiger partial charge is 0.229 e. The Morgan fingerprint density at radius 3 is 2.69 bits per heavy atom. The first-order valence-corrected chi connectivity index (χ1v) is 7.26. The van der Waals surface area contributed by atoms with Crippen molar-refractivity contribution >= 4 is 21.8 Å². The lowest BCUT2D eigenvalue weighted by molar-refractivity contribution is 0.599. The van der Waals surface area contributed by atoms with Gasteiger partial charge in [0.15, 0.2) is 0 Å². The predicted octanol–water partition coefficient (Wildman–Crippen LogP) is 1.25. The van der Waals surface area contributed by atoms with Crippen molar-refractivity contribution in [3.63, 3.8) is 0 Å². The fraction of sp³-hybridized carbons (Fsp3) is 0.300. The van der Waals surface area contributed by atoms with Gasteiger partial charge < -0.3 is 0 Å². The highest BCUT2D eigenvalue weighted by Crippen LogP contribution is 2.20. The van der Waals surface area contributed by atoms with Crippen molar-refractivity contribution in [2.45, 2.75) is 11.8 Å². The molecule has 16 heavy (non-hydrogen) atoms. The Bertz CT molecular complexity index is 518. The van der Waals surface area contributed by atoms with Gasteiger partial charge in [-0.05, 0) is 30.7 Å². The molecule has 1 rings (SSSR count). The van der Waals surface area contributed by atoms with Crippen LogP contribution in [0.1, 0.15) is 11.1 Å². The van der Waals surface area contributed by atoms with Crippen LogP contribution in [0.4, 0.5) is 0 Å². The molecule has 0 amide bonds. The third-order valence-electron chi connectivity index (χ3n) is 1.95. The maximum absolute atomic E-state index is 10.7. The molecule has 0 unspecified atom stereocenters. The summed E-state index contributed by atoms with van der Waals surface area (Å²) in [5.74, 6) is 0.376. The molecule has 0 aromatic heterocycles. The van der Waals surface area contributed by atoms with Gasteiger partial charge in [-0.1, -0.05) is 0 Å². The van der Waals surface area contributed by atoms with Crippen LogP contribution in [0.5, 0.6) is 0 Å². The maximum Gasteiger partial charge on any atom is 0.209 e. The third-order valence-corrected chi connectivity index (χ3v) is 3.98. The molecule has 0 saturated carbocycles. The van der Waals surface area contributed by atoms with Crippen LogP contribution >= 0.6 is 11.8 Å². The number of hydrogen-bond donors (Lipinski definition) is 1. The molecule has 4 nitrogen and oxygen atoms in total. The van der Waals surface area contributed by atoms with Gasteiger partial charge in [-0.25, -0.2) is 13.6 Å². The number of benzene rings is 1. The van der Waals surface area contributed by atoms with E-state index in [-0.39, 0.29) is 5.75 Å². The molecule has 1 aromatic carbocycles. The normalized spacial score (nSPS) is 11.1. The summed E-state index contributed by atoms with van der Waals surface area (Å²) >= 11 is 1.41. The minimum atomic E-state index is -3.39. The third kappa shape index (κ3) is 4.23. The summed E-state index contributed by atoms with van der Waals surface area (Å²) < 4.78 is 21.4. The van der Waals surface area contributed by atoms with Crippen LogP contribution < -0.4 is 5.14 Å². The zero-order valence-corrected chi connectivity index (χ0v) is 10.4. The van der Waals surface area contributed by atoms with E-state index in [4.69, 9.17) is 10.4 Å². The highest BCUT2D eigenvalue weighted by atomic mass is 32.2. The number of aryl methyl sites for hydroxylation is 1. The van der Waals surface area contributed by atoms with Crippen molar-refractivity contribution in [3.05, 3.63) is 29.3 Å². The van der Waals surface area contributed by atoms with Crippen LogP contribution in [0.25, 0.3) is 0 Å². The van der Waals surface area contributed by atoms with Gasteiger partial charge in [0.1, 0.15) is 0 Å². The molecule has 0 aliphatic rings. The van der Waals surface area contributed by atoms with E-state index < -0.39 is 10.0 Å². The second-order valence-corrected chi connectivity index (χ2v) is 6.21. The van der Waals surface area contributed by atoms with Crippen molar-refractivity contribution in [2.75, 3.05) is 11.5 Å². The lowest BCUT2D eigenvalue weighted by Crippen LogP contribution is -2.17. The Balaban J connectivity index is 2.63. The molecule has 0 radical (unpaired) electrons. The summed E-state index contributed by atoms with van der Waals surface area (Å²) in [4.78, 5) is 0.945. The van der Waals surface area contributed by atoms with E-state index in [1.165, 1.54) is 11.8 Å². The van der Waals surface area contributed by atoms with Crippen molar-refractivity contribution in [1.82, 2.24) is 0 Å². The smallest absolute Gasteiger partial charge is 0.209 e. The number of sulfonamides is 1. The van der Waals surface area contributed by atoms with E-state index >= 15 is 0 Å². The molecule has 86 valence electrons. The Kier molecular flexibility index (Phi) is 4.35. The second kappa shape index (κ2) is 5.34. The summed E-state index contributed by atoms with van der Waals surface area (Å²) in [6.07, 6.45) is 0. The lowest BCUT2D eigenvalue weighted by atomic mass is 10.1. The molecule has 0 bridgehead atoms. The topological polar surface area (TPSA) is 84.0 Å². The Morgan fingerprint density at radius 1 is 1.50 bits per heavy atom. The quantitative estimate of drug-likeness (QED) is 0.822. The van der Waals surface area contributed by atoms with Gasteiger partial charge >= 0.3 is 0 Å². The van der Waals surface area contributed by atoms with Gasteiger partial charge in [-0.15, -0.1) is 11.8 Å². The van der Waals surface area contributed by atoms with Gasteiger partial charge in [-0.2, -0.15) is 5.26 Å². The van der Waals surface area contributed by atoms with Gasteiger partial charge in [0, 0.05) is 10.6 Å². The molecule has 0 heterocycles. The van der Waals surface area contributed by atoms with Crippen molar-refractivity contribution in [1.29, 1.82) is 5.26 Å². The molecular formula is C10H12N2O2S2. The number of nitrogens with zero attached hydrogens (tertiary/aromatic N) is 1. The summed E-state index contributed by atoms with van der Waals surface area (Å²) in [5.41, 5.74) is 1.53. The number of nitriles is 1. The predicted molar refractivity (Wildman–Crippen MR) is 64.6 cm³/mol. The Hall–Kier alpha value is -1.03. The molecule has 0 aliphatic heterocycles. The number of thioether (sulfide) groups is 1. The highest BCUT2D eigenvalue weighted by molar-refractivity contribution is 8.00. The summed E-state index contributed by atoms with van der Waals surface area (Å²) in [5, 5.41) is 13.6. The van der Waals surface area contributed by atoms with E-state index in [9.17, 15) is 8.42 Å². The number of rotatable bonds is 4. The van der Waals surface area contributed by atoms with E-state index in [1.54, 1.807) is 12.1 Å². The standard InChI is InChI=1S/C10H12N2O2S2/c1-8-6-10(3-2-9(8)7-11)15-4-5-16(12,13)14/h2-3,6H,4-5H2,1H3,(H2,12,13,14). The van der Waals surface area contributed by atoms with Crippen molar-refractivity contribution < 1.29 is 8.42 Å². The maximum atomic E-state index is 10.7. The summed E-state index contributed by atoms with van der Waals surface area (Å²) in [6, 6.07) is 7.48. The van der Waals surface area contributed by atoms with Crippen LogP contribution in [-0.2, 0) is 10.0 Å². The first-order valence-electron chi connectivity index (χ1n) is 4.56. The average molecular weight is 256 g/mol. The number of primary sulfonamides is 1. The number of nitrogens with two attached hydrogens (primary N) is 1. The van der Waals surface area contributed by atoms with Crippen LogP contribution in [-0.4, -0.2) is 19.9 Å².